The van der Waals surface area contributed by atoms with Gasteiger partial charge in [0.25, 0.3) is 12.0 Å². The number of carbonyl (C=O) groups is 1. The van der Waals surface area contributed by atoms with Crippen molar-refractivity contribution >= 4 is 23.1 Å². The summed E-state index contributed by atoms with van der Waals surface area (Å²) in [5.74, 6) is 0.236. The van der Waals surface area contributed by atoms with E-state index in [2.05, 4.69) is 12.2 Å². The molecule has 0 amide bonds. The molecule has 0 saturated carbocycles. The van der Waals surface area contributed by atoms with Gasteiger partial charge in [-0.3, -0.25) is 9.59 Å². The molecule has 0 saturated heterocycles. The molecule has 0 atom stereocenters. The van der Waals surface area contributed by atoms with E-state index >= 15 is 0 Å². The molecule has 1 aromatic heterocycles. The number of aromatic nitrogens is 1. The van der Waals surface area contributed by atoms with Gasteiger partial charge < -0.3 is 19.4 Å². The van der Waals surface area contributed by atoms with E-state index < -0.39 is 5.56 Å². The lowest BCUT2D eigenvalue weighted by atomic mass is 10.1. The maximum atomic E-state index is 12.7. The summed E-state index contributed by atoms with van der Waals surface area (Å²) in [5, 5.41) is 4.09. The molecule has 3 aromatic rings. The summed E-state index contributed by atoms with van der Waals surface area (Å²) in [5.41, 5.74) is 2.34. The van der Waals surface area contributed by atoms with Crippen molar-refractivity contribution in [2.75, 3.05) is 11.9 Å². The molecular formula is C22H24N2O4. The Hall–Kier alpha value is -3.28. The Morgan fingerprint density at radius 3 is 2.61 bits per heavy atom. The Morgan fingerprint density at radius 2 is 1.89 bits per heavy atom. The summed E-state index contributed by atoms with van der Waals surface area (Å²) < 4.78 is 12.3. The fourth-order valence-corrected chi connectivity index (χ4v) is 3.01. The number of rotatable bonds is 9. The highest BCUT2D eigenvalue weighted by Crippen LogP contribution is 2.34. The van der Waals surface area contributed by atoms with Crippen LogP contribution in [0.1, 0.15) is 25.3 Å². The SMILES string of the molecule is CCCCOc1c(OC=O)c(=O)n(C)c2cc(NCc3ccccc3)ccc12. The molecule has 0 aliphatic carbocycles. The van der Waals surface area contributed by atoms with Gasteiger partial charge in [-0.2, -0.15) is 0 Å². The van der Waals surface area contributed by atoms with E-state index in [1.807, 2.05) is 48.5 Å². The summed E-state index contributed by atoms with van der Waals surface area (Å²) in [4.78, 5) is 23.6. The van der Waals surface area contributed by atoms with Crippen molar-refractivity contribution in [3.05, 3.63) is 64.4 Å². The van der Waals surface area contributed by atoms with E-state index in [4.69, 9.17) is 9.47 Å². The van der Waals surface area contributed by atoms with Crippen LogP contribution in [0.25, 0.3) is 10.9 Å². The minimum absolute atomic E-state index is 0.0777. The standard InChI is InChI=1S/C22H24N2O4/c1-3-4-12-27-20-18-11-10-17(23-14-16-8-6-5-7-9-16)13-19(18)24(2)22(26)21(20)28-15-25/h5-11,13,15,23H,3-4,12,14H2,1-2H3. The number of anilines is 1. The third-order valence-corrected chi connectivity index (χ3v) is 4.56. The molecule has 0 spiro atoms. The lowest BCUT2D eigenvalue weighted by Crippen LogP contribution is -2.21. The largest absolute Gasteiger partial charge is 0.489 e. The van der Waals surface area contributed by atoms with Crippen molar-refractivity contribution in [3.8, 4) is 11.5 Å². The van der Waals surface area contributed by atoms with Gasteiger partial charge in [-0.15, -0.1) is 0 Å². The highest BCUT2D eigenvalue weighted by atomic mass is 16.5. The van der Waals surface area contributed by atoms with Gasteiger partial charge in [-0.1, -0.05) is 43.7 Å². The zero-order valence-electron chi connectivity index (χ0n) is 16.1. The molecule has 0 bridgehead atoms. The Balaban J connectivity index is 1.99. The number of ether oxygens (including phenoxy) is 2. The molecule has 1 heterocycles. The smallest absolute Gasteiger partial charge is 0.298 e. The van der Waals surface area contributed by atoms with Crippen LogP contribution >= 0.6 is 0 Å². The van der Waals surface area contributed by atoms with Crippen LogP contribution < -0.4 is 20.3 Å². The number of nitrogens with one attached hydrogen (secondary N) is 1. The predicted molar refractivity (Wildman–Crippen MR) is 110 cm³/mol. The fraction of sp³-hybridized carbons (Fsp3) is 0.273. The minimum Gasteiger partial charge on any atom is -0.489 e. The number of carbonyl (C=O) groups excluding carboxylic acids is 1. The van der Waals surface area contributed by atoms with E-state index in [1.54, 1.807) is 7.05 Å². The highest BCUT2D eigenvalue weighted by molar-refractivity contribution is 5.90. The highest BCUT2D eigenvalue weighted by Gasteiger charge is 2.18. The number of fused-ring (bicyclic) bond motifs is 1. The quantitative estimate of drug-likeness (QED) is 0.451. The average molecular weight is 380 g/mol. The third-order valence-electron chi connectivity index (χ3n) is 4.56. The molecule has 0 fully saturated rings. The number of nitrogens with zero attached hydrogens (tertiary/aromatic N) is 1. The van der Waals surface area contributed by atoms with Crippen molar-refractivity contribution in [1.29, 1.82) is 0 Å². The molecular weight excluding hydrogens is 356 g/mol. The topological polar surface area (TPSA) is 69.6 Å². The lowest BCUT2D eigenvalue weighted by Gasteiger charge is -2.16. The molecule has 0 radical (unpaired) electrons. The Labute approximate surface area is 163 Å². The fourth-order valence-electron chi connectivity index (χ4n) is 3.01. The molecule has 0 aliphatic heterocycles. The molecule has 3 rings (SSSR count). The van der Waals surface area contributed by atoms with Crippen LogP contribution in [0.2, 0.25) is 0 Å². The maximum Gasteiger partial charge on any atom is 0.298 e. The summed E-state index contributed by atoms with van der Waals surface area (Å²) >= 11 is 0. The van der Waals surface area contributed by atoms with Crippen LogP contribution in [-0.4, -0.2) is 17.6 Å². The summed E-state index contributed by atoms with van der Waals surface area (Å²) in [7, 11) is 1.65. The van der Waals surface area contributed by atoms with Crippen molar-refractivity contribution in [2.45, 2.75) is 26.3 Å². The Bertz CT molecular complexity index is 1010. The number of benzene rings is 2. The monoisotopic (exact) mass is 380 g/mol. The molecule has 6 nitrogen and oxygen atoms in total. The van der Waals surface area contributed by atoms with Crippen LogP contribution in [0.3, 0.4) is 0 Å². The van der Waals surface area contributed by atoms with Gasteiger partial charge in [0, 0.05) is 24.7 Å². The van der Waals surface area contributed by atoms with E-state index in [0.717, 1.165) is 29.5 Å². The number of hydrogen-bond acceptors (Lipinski definition) is 5. The van der Waals surface area contributed by atoms with Crippen LogP contribution in [0.4, 0.5) is 5.69 Å². The minimum atomic E-state index is -0.411. The van der Waals surface area contributed by atoms with E-state index in [9.17, 15) is 9.59 Å². The summed E-state index contributed by atoms with van der Waals surface area (Å²) in [6.07, 6.45) is 1.80. The second kappa shape index (κ2) is 9.08. The average Bonchev–Trinajstić information content (AvgIpc) is 2.73. The van der Waals surface area contributed by atoms with E-state index in [-0.39, 0.29) is 12.2 Å². The van der Waals surface area contributed by atoms with Gasteiger partial charge in [0.2, 0.25) is 5.75 Å². The van der Waals surface area contributed by atoms with Gasteiger partial charge in [-0.05, 0) is 30.2 Å². The first-order chi connectivity index (χ1) is 13.7. The van der Waals surface area contributed by atoms with Crippen molar-refractivity contribution in [2.24, 2.45) is 7.05 Å². The van der Waals surface area contributed by atoms with Gasteiger partial charge in [0.15, 0.2) is 5.75 Å². The summed E-state index contributed by atoms with van der Waals surface area (Å²) in [6, 6.07) is 15.8. The molecule has 0 unspecified atom stereocenters. The first-order valence-corrected chi connectivity index (χ1v) is 9.33. The van der Waals surface area contributed by atoms with Crippen LogP contribution in [0.5, 0.6) is 11.5 Å². The van der Waals surface area contributed by atoms with Crippen molar-refractivity contribution in [1.82, 2.24) is 4.57 Å². The number of unbranched alkanes of at least 4 members (excludes halogenated alkanes) is 1. The zero-order valence-corrected chi connectivity index (χ0v) is 16.1. The Kier molecular flexibility index (Phi) is 6.32. The van der Waals surface area contributed by atoms with Gasteiger partial charge in [0.1, 0.15) is 0 Å². The molecule has 0 aliphatic rings. The molecule has 2 aromatic carbocycles. The van der Waals surface area contributed by atoms with Crippen LogP contribution in [-0.2, 0) is 18.4 Å². The predicted octanol–water partition coefficient (Wildman–Crippen LogP) is 3.86. The Morgan fingerprint density at radius 1 is 1.11 bits per heavy atom. The number of hydrogen-bond donors (Lipinski definition) is 1. The van der Waals surface area contributed by atoms with Crippen LogP contribution in [0, 0.1) is 0 Å². The molecule has 146 valence electrons. The van der Waals surface area contributed by atoms with Crippen molar-refractivity contribution in [3.63, 3.8) is 0 Å². The van der Waals surface area contributed by atoms with Gasteiger partial charge >= 0.3 is 0 Å². The van der Waals surface area contributed by atoms with E-state index in [0.29, 0.717) is 24.4 Å². The van der Waals surface area contributed by atoms with E-state index in [1.165, 1.54) is 4.57 Å². The number of pyridine rings is 1. The molecule has 28 heavy (non-hydrogen) atoms. The second-order valence-corrected chi connectivity index (χ2v) is 6.51. The summed E-state index contributed by atoms with van der Waals surface area (Å²) in [6.45, 7) is 3.43. The first kappa shape index (κ1) is 19.5. The second-order valence-electron chi connectivity index (χ2n) is 6.51. The number of aryl methyl sites for hydroxylation is 1. The molecule has 6 heteroatoms. The molecule has 1 N–H and O–H groups in total. The van der Waals surface area contributed by atoms with Gasteiger partial charge in [0.05, 0.1) is 12.1 Å². The van der Waals surface area contributed by atoms with Gasteiger partial charge in [-0.25, -0.2) is 0 Å². The zero-order chi connectivity index (χ0) is 19.9. The lowest BCUT2D eigenvalue weighted by molar-refractivity contribution is -0.120. The maximum absolute atomic E-state index is 12.7. The first-order valence-electron chi connectivity index (χ1n) is 9.33. The third kappa shape index (κ3) is 4.17. The normalized spacial score (nSPS) is 10.6. The van der Waals surface area contributed by atoms with Crippen molar-refractivity contribution < 1.29 is 14.3 Å². The van der Waals surface area contributed by atoms with Crippen LogP contribution in [0.15, 0.2) is 53.3 Å².